The van der Waals surface area contributed by atoms with Crippen molar-refractivity contribution in [1.82, 2.24) is 19.5 Å². The van der Waals surface area contributed by atoms with Crippen LogP contribution in [0.25, 0.3) is 22.3 Å². The molecule has 0 saturated carbocycles. The second-order valence-electron chi connectivity index (χ2n) is 8.09. The topological polar surface area (TPSA) is 116 Å². The van der Waals surface area contributed by atoms with Crippen LogP contribution in [0, 0.1) is 12.7 Å². The van der Waals surface area contributed by atoms with Gasteiger partial charge in [0, 0.05) is 18.0 Å². The van der Waals surface area contributed by atoms with Gasteiger partial charge in [-0.2, -0.15) is 0 Å². The number of nitrogens with one attached hydrogen (secondary N) is 1. The van der Waals surface area contributed by atoms with Crippen molar-refractivity contribution in [1.29, 1.82) is 0 Å². The number of benzene rings is 1. The Bertz CT molecular complexity index is 1560. The van der Waals surface area contributed by atoms with Gasteiger partial charge in [0.1, 0.15) is 15.7 Å². The highest BCUT2D eigenvalue weighted by atomic mass is 32.2. The molecule has 0 unspecified atom stereocenters. The van der Waals surface area contributed by atoms with Crippen LogP contribution < -0.4 is 15.2 Å². The maximum Gasteiger partial charge on any atom is 0.328 e. The van der Waals surface area contributed by atoms with Crippen molar-refractivity contribution in [2.24, 2.45) is 0 Å². The first kappa shape index (κ1) is 24.4. The van der Waals surface area contributed by atoms with E-state index in [1.54, 1.807) is 44.2 Å². The molecule has 4 aromatic rings. The van der Waals surface area contributed by atoms with Gasteiger partial charge in [0.2, 0.25) is 0 Å². The third-order valence-corrected chi connectivity index (χ3v) is 6.52. The zero-order valence-corrected chi connectivity index (χ0v) is 20.5. The number of ether oxygens (including phenoxy) is 2. The average molecular weight is 501 g/mol. The number of pyridine rings is 2. The van der Waals surface area contributed by atoms with E-state index in [0.29, 0.717) is 40.3 Å². The molecule has 0 spiro atoms. The summed E-state index contributed by atoms with van der Waals surface area (Å²) in [5.41, 5.74) is 2.09. The van der Waals surface area contributed by atoms with Crippen LogP contribution in [0.1, 0.15) is 24.2 Å². The molecule has 0 aliphatic heterocycles. The quantitative estimate of drug-likeness (QED) is 0.395. The first-order valence-electron chi connectivity index (χ1n) is 10.8. The van der Waals surface area contributed by atoms with Crippen LogP contribution in [0.5, 0.6) is 11.6 Å². The summed E-state index contributed by atoms with van der Waals surface area (Å²) in [6.45, 7) is 3.77. The molecule has 0 aliphatic carbocycles. The molecule has 0 aliphatic rings. The van der Waals surface area contributed by atoms with E-state index in [1.807, 2.05) is 0 Å². The van der Waals surface area contributed by atoms with E-state index in [9.17, 15) is 17.6 Å². The summed E-state index contributed by atoms with van der Waals surface area (Å²) >= 11 is 0. The molecule has 184 valence electrons. The summed E-state index contributed by atoms with van der Waals surface area (Å²) in [5.74, 6) is -0.168. The van der Waals surface area contributed by atoms with Gasteiger partial charge >= 0.3 is 5.69 Å². The predicted molar refractivity (Wildman–Crippen MR) is 130 cm³/mol. The fraction of sp³-hybridized carbons (Fsp3) is 0.292. The third-order valence-electron chi connectivity index (χ3n) is 5.60. The summed E-state index contributed by atoms with van der Waals surface area (Å²) in [6, 6.07) is 8.64. The maximum absolute atomic E-state index is 14.1. The summed E-state index contributed by atoms with van der Waals surface area (Å²) in [6.07, 6.45) is 2.61. The number of H-pyrrole nitrogens is 1. The molecule has 0 saturated heterocycles. The van der Waals surface area contributed by atoms with E-state index >= 15 is 0 Å². The minimum atomic E-state index is -3.54. The largest absolute Gasteiger partial charge is 0.491 e. The zero-order valence-electron chi connectivity index (χ0n) is 19.7. The van der Waals surface area contributed by atoms with E-state index in [1.165, 1.54) is 23.9 Å². The molecule has 1 atom stereocenters. The van der Waals surface area contributed by atoms with Crippen LogP contribution in [-0.2, 0) is 9.84 Å². The molecule has 9 nitrogen and oxygen atoms in total. The summed E-state index contributed by atoms with van der Waals surface area (Å²) in [5, 5.41) is 0. The van der Waals surface area contributed by atoms with Gasteiger partial charge in [0.25, 0.3) is 5.88 Å². The van der Waals surface area contributed by atoms with Crippen LogP contribution >= 0.6 is 0 Å². The van der Waals surface area contributed by atoms with Crippen molar-refractivity contribution in [2.45, 2.75) is 19.9 Å². The first-order valence-corrected chi connectivity index (χ1v) is 12.9. The lowest BCUT2D eigenvalue weighted by atomic mass is 10.0. The summed E-state index contributed by atoms with van der Waals surface area (Å²) < 4.78 is 50.8. The Morgan fingerprint density at radius 3 is 2.69 bits per heavy atom. The molecule has 3 aromatic heterocycles. The van der Waals surface area contributed by atoms with E-state index < -0.39 is 27.3 Å². The van der Waals surface area contributed by atoms with Crippen LogP contribution in [0.3, 0.4) is 0 Å². The van der Waals surface area contributed by atoms with Gasteiger partial charge < -0.3 is 14.5 Å². The summed E-state index contributed by atoms with van der Waals surface area (Å²) in [7, 11) is -2.07. The van der Waals surface area contributed by atoms with E-state index in [0.717, 1.165) is 6.26 Å². The Morgan fingerprint density at radius 2 is 2.00 bits per heavy atom. The lowest BCUT2D eigenvalue weighted by Crippen LogP contribution is -2.29. The number of nitrogens with zero attached hydrogens (tertiary/aromatic N) is 3. The highest BCUT2D eigenvalue weighted by Crippen LogP contribution is 2.31. The molecule has 4 rings (SSSR count). The SMILES string of the molecule is CCOc1nc([C@@H](CS(C)(=O)=O)n2c(=O)[nH]c3cc(-c4cccc(F)c4C)cnc32)ccc1OC. The monoisotopic (exact) mass is 500 g/mol. The Hall–Kier alpha value is -3.73. The number of hydrogen-bond donors (Lipinski definition) is 1. The number of methoxy groups -OCH3 is 1. The standard InChI is InChI=1S/C24H25FN4O5S/c1-5-34-23-21(33-3)10-9-18(27-23)20(13-35(4,31)32)29-22-19(28-24(29)30)11-15(12-26-22)16-7-6-8-17(25)14(16)2/h6-12,20H,5,13H2,1-4H3,(H,28,30)/t20-/m1/s1. The molecule has 0 fully saturated rings. The fourth-order valence-electron chi connectivity index (χ4n) is 3.97. The highest BCUT2D eigenvalue weighted by Gasteiger charge is 2.27. The van der Waals surface area contributed by atoms with Crippen molar-refractivity contribution < 1.29 is 22.3 Å². The number of fused-ring (bicyclic) bond motifs is 1. The van der Waals surface area contributed by atoms with Gasteiger partial charge in [-0.1, -0.05) is 12.1 Å². The van der Waals surface area contributed by atoms with Gasteiger partial charge in [-0.05, 0) is 49.2 Å². The van der Waals surface area contributed by atoms with Crippen LogP contribution in [0.15, 0.2) is 47.4 Å². The van der Waals surface area contributed by atoms with Crippen molar-refractivity contribution in [3.05, 3.63) is 70.2 Å². The van der Waals surface area contributed by atoms with Crippen LogP contribution in [0.4, 0.5) is 4.39 Å². The van der Waals surface area contributed by atoms with Crippen molar-refractivity contribution in [3.63, 3.8) is 0 Å². The summed E-state index contributed by atoms with van der Waals surface area (Å²) in [4.78, 5) is 24.7. The zero-order chi connectivity index (χ0) is 25.3. The predicted octanol–water partition coefficient (Wildman–Crippen LogP) is 3.28. The van der Waals surface area contributed by atoms with Gasteiger partial charge in [0.05, 0.1) is 36.7 Å². The van der Waals surface area contributed by atoms with Crippen molar-refractivity contribution >= 4 is 21.0 Å². The molecule has 0 bridgehead atoms. The second-order valence-corrected chi connectivity index (χ2v) is 10.3. The lowest BCUT2D eigenvalue weighted by Gasteiger charge is -2.19. The highest BCUT2D eigenvalue weighted by molar-refractivity contribution is 7.90. The van der Waals surface area contributed by atoms with E-state index in [4.69, 9.17) is 9.47 Å². The Kier molecular flexibility index (Phi) is 6.62. The number of rotatable bonds is 8. The number of halogens is 1. The van der Waals surface area contributed by atoms with Crippen LogP contribution in [-0.4, -0.2) is 53.7 Å². The molecule has 1 aromatic carbocycles. The number of sulfone groups is 1. The number of imidazole rings is 1. The number of aromatic amines is 1. The Balaban J connectivity index is 1.89. The molecule has 1 N–H and O–H groups in total. The molecule has 0 amide bonds. The molecule has 11 heteroatoms. The second kappa shape index (κ2) is 9.49. The molecule has 0 radical (unpaired) electrons. The normalized spacial score (nSPS) is 12.6. The fourth-order valence-corrected chi connectivity index (χ4v) is 4.87. The minimum absolute atomic E-state index is 0.190. The van der Waals surface area contributed by atoms with Gasteiger partial charge in [-0.25, -0.2) is 27.6 Å². The van der Waals surface area contributed by atoms with Crippen LogP contribution in [0.2, 0.25) is 0 Å². The molecule has 3 heterocycles. The first-order chi connectivity index (χ1) is 16.6. The maximum atomic E-state index is 14.1. The van der Waals surface area contributed by atoms with E-state index in [2.05, 4.69) is 15.0 Å². The minimum Gasteiger partial charge on any atom is -0.491 e. The van der Waals surface area contributed by atoms with Crippen molar-refractivity contribution in [3.8, 4) is 22.8 Å². The molecule has 35 heavy (non-hydrogen) atoms. The average Bonchev–Trinajstić information content (AvgIpc) is 3.13. The molecular formula is C24H25FN4O5S. The number of aromatic nitrogens is 4. The Morgan fingerprint density at radius 1 is 1.23 bits per heavy atom. The molecular weight excluding hydrogens is 475 g/mol. The lowest BCUT2D eigenvalue weighted by molar-refractivity contribution is 0.296. The van der Waals surface area contributed by atoms with Gasteiger partial charge in [-0.15, -0.1) is 0 Å². The third kappa shape index (κ3) is 4.90. The van der Waals surface area contributed by atoms with Gasteiger partial charge in [-0.3, -0.25) is 4.57 Å². The van der Waals surface area contributed by atoms with Gasteiger partial charge in [0.15, 0.2) is 11.4 Å². The Labute approximate surface area is 201 Å². The smallest absolute Gasteiger partial charge is 0.328 e. The van der Waals surface area contributed by atoms with Crippen molar-refractivity contribution in [2.75, 3.05) is 25.7 Å². The van der Waals surface area contributed by atoms with E-state index in [-0.39, 0.29) is 17.3 Å². The number of hydrogen-bond acceptors (Lipinski definition) is 7.